The van der Waals surface area contributed by atoms with E-state index in [-0.39, 0.29) is 23.7 Å². The van der Waals surface area contributed by atoms with Crippen LogP contribution in [0, 0.1) is 0 Å². The number of methoxy groups -OCH3 is 2. The van der Waals surface area contributed by atoms with Crippen molar-refractivity contribution in [3.05, 3.63) is 124 Å². The molecular weight excluding hydrogens is 599 g/mol. The summed E-state index contributed by atoms with van der Waals surface area (Å²) < 4.78 is 26.6. The summed E-state index contributed by atoms with van der Waals surface area (Å²) in [6, 6.07) is 28.5. The number of benzene rings is 3. The lowest BCUT2D eigenvalue weighted by atomic mass is 9.59. The van der Waals surface area contributed by atoms with E-state index in [0.29, 0.717) is 16.7 Å². The zero-order chi connectivity index (χ0) is 31.8. The molecule has 3 heterocycles. The molecule has 4 atom stereocenters. The number of H-pyrrole nitrogens is 1. The van der Waals surface area contributed by atoms with Gasteiger partial charge in [0.2, 0.25) is 26.0 Å². The number of aliphatic hydroxyl groups is 1. The molecule has 1 aliphatic heterocycles. The van der Waals surface area contributed by atoms with E-state index in [1.165, 1.54) is 25.1 Å². The van der Waals surface area contributed by atoms with E-state index in [2.05, 4.69) is 15.0 Å². The van der Waals surface area contributed by atoms with Crippen LogP contribution in [0.15, 0.2) is 102 Å². The molecule has 0 amide bonds. The Labute approximate surface area is 259 Å². The summed E-state index contributed by atoms with van der Waals surface area (Å²) in [7, 11) is 0.455. The molecule has 6 rings (SSSR count). The first-order valence-corrected chi connectivity index (χ1v) is 15.3. The van der Waals surface area contributed by atoms with Gasteiger partial charge in [-0.2, -0.15) is 4.98 Å². The Morgan fingerprint density at radius 3 is 1.96 bits per heavy atom. The fraction of sp³-hybridized carbons (Fsp3) is 0.258. The van der Waals surface area contributed by atoms with Gasteiger partial charge in [0, 0.05) is 14.2 Å². The third-order valence-corrected chi connectivity index (χ3v) is 8.82. The minimum absolute atomic E-state index is 0.0357. The SMILES string of the molecule is COC1(OC)[C@H](O)[C@@H](COP(N)O)O[C@]1(n1cnc2c(=O)[nH]c(N)nc21)C(c1ccccc1)(c1ccccc1)c1ccccc1. The topological polar surface area (TPSA) is 193 Å². The largest absolute Gasteiger partial charge is 0.384 e. The van der Waals surface area contributed by atoms with Crippen molar-refractivity contribution in [3.8, 4) is 0 Å². The molecule has 7 N–H and O–H groups in total. The van der Waals surface area contributed by atoms with Gasteiger partial charge < -0.3 is 34.5 Å². The quantitative estimate of drug-likeness (QED) is 0.0862. The number of rotatable bonds is 10. The number of nitrogens with one attached hydrogen (secondary N) is 1. The number of aromatic nitrogens is 4. The van der Waals surface area contributed by atoms with E-state index in [1.54, 1.807) is 0 Å². The Balaban J connectivity index is 1.88. The normalized spacial score (nSPS) is 22.1. The van der Waals surface area contributed by atoms with Gasteiger partial charge in [-0.25, -0.2) is 4.98 Å². The average Bonchev–Trinajstić information content (AvgIpc) is 3.59. The highest BCUT2D eigenvalue weighted by atomic mass is 31.2. The van der Waals surface area contributed by atoms with Crippen molar-refractivity contribution in [1.82, 2.24) is 19.5 Å². The Bertz CT molecular complexity index is 1720. The molecule has 1 saturated heterocycles. The molecule has 3 aromatic carbocycles. The first kappa shape index (κ1) is 31.0. The van der Waals surface area contributed by atoms with Crippen LogP contribution in [-0.2, 0) is 29.9 Å². The van der Waals surface area contributed by atoms with Gasteiger partial charge in [0.1, 0.15) is 12.2 Å². The maximum Gasteiger partial charge on any atom is 0.280 e. The highest BCUT2D eigenvalue weighted by molar-refractivity contribution is 7.43. The zero-order valence-electron chi connectivity index (χ0n) is 24.5. The number of aromatic amines is 1. The number of ether oxygens (including phenoxy) is 3. The number of nitrogens with zero attached hydrogens (tertiary/aromatic N) is 3. The van der Waals surface area contributed by atoms with Crippen LogP contribution >= 0.6 is 8.53 Å². The first-order valence-electron chi connectivity index (χ1n) is 14.0. The number of nitrogens with two attached hydrogens (primary N) is 2. The summed E-state index contributed by atoms with van der Waals surface area (Å²) in [4.78, 5) is 34.5. The van der Waals surface area contributed by atoms with Crippen LogP contribution in [0.2, 0.25) is 0 Å². The molecule has 5 aromatic rings. The molecule has 0 spiro atoms. The Kier molecular flexibility index (Phi) is 8.29. The average molecular weight is 633 g/mol. The molecule has 0 bridgehead atoms. The standard InChI is InChI=1S/C31H33N6O7P/c1-41-30(42-2)25(38)23(18-43-45(33)40)44-31(30,37-19-34-24-26(37)35-28(32)36-27(24)39)29(20-12-6-3-7-13-20,21-14-8-4-9-15-21)22-16-10-5-11-17-22/h3-17,19,23,25,38,40H,18,33H2,1-2H3,(H3,32,35,36,39)/t23-,25-,31-,45?/m1/s1. The molecule has 0 aliphatic carbocycles. The molecule has 234 valence electrons. The first-order chi connectivity index (χ1) is 21.8. The highest BCUT2D eigenvalue weighted by Gasteiger charge is 2.78. The molecule has 13 nitrogen and oxygen atoms in total. The number of hydrogen-bond acceptors (Lipinski definition) is 11. The van der Waals surface area contributed by atoms with Gasteiger partial charge in [-0.05, 0) is 16.7 Å². The monoisotopic (exact) mass is 632 g/mol. The van der Waals surface area contributed by atoms with Crippen LogP contribution in [0.4, 0.5) is 5.95 Å². The van der Waals surface area contributed by atoms with Crippen LogP contribution < -0.4 is 16.8 Å². The number of aliphatic hydroxyl groups excluding tert-OH is 1. The lowest BCUT2D eigenvalue weighted by Gasteiger charge is -2.55. The molecule has 1 unspecified atom stereocenters. The van der Waals surface area contributed by atoms with Crippen molar-refractivity contribution < 1.29 is 28.7 Å². The molecule has 45 heavy (non-hydrogen) atoms. The maximum absolute atomic E-state index is 13.1. The van der Waals surface area contributed by atoms with Gasteiger partial charge >= 0.3 is 0 Å². The summed E-state index contributed by atoms with van der Waals surface area (Å²) in [5.41, 5.74) is 9.78. The number of fused-ring (bicyclic) bond motifs is 1. The summed E-state index contributed by atoms with van der Waals surface area (Å²) in [5, 5.41) is 12.2. The summed E-state index contributed by atoms with van der Waals surface area (Å²) in [6.45, 7) is -0.340. The van der Waals surface area contributed by atoms with Crippen molar-refractivity contribution >= 4 is 25.6 Å². The van der Waals surface area contributed by atoms with E-state index >= 15 is 0 Å². The molecule has 1 fully saturated rings. The Morgan fingerprint density at radius 1 is 0.978 bits per heavy atom. The third-order valence-electron chi connectivity index (χ3n) is 8.41. The maximum atomic E-state index is 13.1. The lowest BCUT2D eigenvalue weighted by Crippen LogP contribution is -2.69. The molecule has 14 heteroatoms. The second-order valence-corrected chi connectivity index (χ2v) is 11.4. The Morgan fingerprint density at radius 2 is 1.49 bits per heavy atom. The minimum atomic E-state index is -2.31. The van der Waals surface area contributed by atoms with Gasteiger partial charge in [-0.1, -0.05) is 91.0 Å². The van der Waals surface area contributed by atoms with Crippen molar-refractivity contribution in [3.63, 3.8) is 0 Å². The van der Waals surface area contributed by atoms with Gasteiger partial charge in [0.15, 0.2) is 11.2 Å². The van der Waals surface area contributed by atoms with E-state index in [0.717, 1.165) is 0 Å². The molecule has 0 radical (unpaired) electrons. The van der Waals surface area contributed by atoms with Crippen LogP contribution in [0.25, 0.3) is 11.2 Å². The Hall–Kier alpha value is -4.04. The third kappa shape index (κ3) is 4.51. The van der Waals surface area contributed by atoms with Crippen molar-refractivity contribution in [2.24, 2.45) is 5.50 Å². The second-order valence-electron chi connectivity index (χ2n) is 10.5. The smallest absolute Gasteiger partial charge is 0.280 e. The molecular formula is C31H33N6O7P. The zero-order valence-corrected chi connectivity index (χ0v) is 25.4. The second kappa shape index (κ2) is 12.0. The summed E-state index contributed by atoms with van der Waals surface area (Å²) >= 11 is 0. The highest BCUT2D eigenvalue weighted by Crippen LogP contribution is 2.62. The van der Waals surface area contributed by atoms with Gasteiger partial charge in [-0.3, -0.25) is 19.8 Å². The van der Waals surface area contributed by atoms with E-state index in [4.69, 9.17) is 30.0 Å². The minimum Gasteiger partial charge on any atom is -0.384 e. The lowest BCUT2D eigenvalue weighted by molar-refractivity contribution is -0.337. The van der Waals surface area contributed by atoms with E-state index in [1.807, 2.05) is 91.0 Å². The van der Waals surface area contributed by atoms with Gasteiger partial charge in [0.05, 0.1) is 18.3 Å². The van der Waals surface area contributed by atoms with E-state index < -0.39 is 43.2 Å². The van der Waals surface area contributed by atoms with Gasteiger partial charge in [-0.15, -0.1) is 0 Å². The molecule has 1 aliphatic rings. The summed E-state index contributed by atoms with van der Waals surface area (Å²) in [6.07, 6.45) is -1.37. The predicted octanol–water partition coefficient (Wildman–Crippen LogP) is 2.33. The molecule has 2 aromatic heterocycles. The number of nitrogen functional groups attached to an aromatic ring is 1. The predicted molar refractivity (Wildman–Crippen MR) is 167 cm³/mol. The number of anilines is 1. The van der Waals surface area contributed by atoms with Crippen LogP contribution in [0.1, 0.15) is 16.7 Å². The molecule has 0 saturated carbocycles. The van der Waals surface area contributed by atoms with Crippen molar-refractivity contribution in [1.29, 1.82) is 0 Å². The number of hydrogen-bond donors (Lipinski definition) is 5. The van der Waals surface area contributed by atoms with Gasteiger partial charge in [0.25, 0.3) is 5.56 Å². The van der Waals surface area contributed by atoms with Crippen LogP contribution in [0.3, 0.4) is 0 Å². The van der Waals surface area contributed by atoms with Crippen molar-refractivity contribution in [2.75, 3.05) is 26.6 Å². The van der Waals surface area contributed by atoms with Crippen LogP contribution in [0.5, 0.6) is 0 Å². The van der Waals surface area contributed by atoms with E-state index in [9.17, 15) is 14.8 Å². The fourth-order valence-electron chi connectivity index (χ4n) is 6.75. The number of imidazole rings is 1. The fourth-order valence-corrected chi connectivity index (χ4v) is 7.05. The van der Waals surface area contributed by atoms with Crippen molar-refractivity contribution in [2.45, 2.75) is 29.1 Å². The summed E-state index contributed by atoms with van der Waals surface area (Å²) in [5.74, 6) is -2.23. The van der Waals surface area contributed by atoms with Crippen LogP contribution in [-0.4, -0.2) is 68.3 Å².